The number of hydrogen-bond acceptors (Lipinski definition) is 4. The highest BCUT2D eigenvalue weighted by Gasteiger charge is 2.10. The number of carbonyl (C=O) groups is 2. The van der Waals surface area contributed by atoms with E-state index in [0.29, 0.717) is 18.0 Å². The number of rotatable bonds is 7. The fourth-order valence-corrected chi connectivity index (χ4v) is 2.25. The number of benzene rings is 1. The van der Waals surface area contributed by atoms with Gasteiger partial charge in [0.25, 0.3) is 0 Å². The predicted octanol–water partition coefficient (Wildman–Crippen LogP) is 2.99. The molecule has 0 atom stereocenters. The van der Waals surface area contributed by atoms with E-state index in [1.165, 1.54) is 0 Å². The van der Waals surface area contributed by atoms with Gasteiger partial charge in [-0.25, -0.2) is 4.98 Å². The lowest BCUT2D eigenvalue weighted by Gasteiger charge is -2.07. The highest BCUT2D eigenvalue weighted by Crippen LogP contribution is 2.13. The van der Waals surface area contributed by atoms with E-state index >= 15 is 0 Å². The predicted molar refractivity (Wildman–Crippen MR) is 92.1 cm³/mol. The second kappa shape index (κ2) is 8.24. The average molecular weight is 326 g/mol. The molecule has 0 radical (unpaired) electrons. The van der Waals surface area contributed by atoms with E-state index in [-0.39, 0.29) is 24.5 Å². The first-order valence-electron chi connectivity index (χ1n) is 7.85. The number of pyridine rings is 1. The molecule has 5 nitrogen and oxygen atoms in total. The van der Waals surface area contributed by atoms with E-state index in [1.54, 1.807) is 19.4 Å². The van der Waals surface area contributed by atoms with Gasteiger partial charge < -0.3 is 10.1 Å². The van der Waals surface area contributed by atoms with Gasteiger partial charge in [0.05, 0.1) is 7.11 Å². The molecule has 1 aromatic heterocycles. The van der Waals surface area contributed by atoms with Crippen molar-refractivity contribution in [3.63, 3.8) is 0 Å². The molecule has 24 heavy (non-hydrogen) atoms. The van der Waals surface area contributed by atoms with Crippen LogP contribution in [0.1, 0.15) is 39.9 Å². The van der Waals surface area contributed by atoms with Crippen LogP contribution in [-0.2, 0) is 11.3 Å². The number of nitrogens with one attached hydrogen (secondary N) is 1. The number of carbonyl (C=O) groups excluding carboxylic acids is 2. The molecule has 0 unspecified atom stereocenters. The number of hydrogen-bond donors (Lipinski definition) is 1. The molecule has 1 heterocycles. The van der Waals surface area contributed by atoms with E-state index in [9.17, 15) is 9.59 Å². The Balaban J connectivity index is 1.82. The molecule has 0 saturated heterocycles. The number of aromatic nitrogens is 1. The van der Waals surface area contributed by atoms with Crippen LogP contribution in [0.25, 0.3) is 0 Å². The molecule has 0 aliphatic heterocycles. The second-order valence-electron chi connectivity index (χ2n) is 5.71. The van der Waals surface area contributed by atoms with Crippen molar-refractivity contribution in [3.05, 3.63) is 58.8 Å². The molecule has 0 bridgehead atoms. The quantitative estimate of drug-likeness (QED) is 0.794. The van der Waals surface area contributed by atoms with Gasteiger partial charge in [0.1, 0.15) is 0 Å². The maximum absolute atomic E-state index is 12.2. The molecule has 0 aliphatic carbocycles. The molecule has 0 aliphatic rings. The molecule has 0 spiro atoms. The van der Waals surface area contributed by atoms with Crippen molar-refractivity contribution in [2.24, 2.45) is 0 Å². The zero-order chi connectivity index (χ0) is 17.5. The molecule has 0 fully saturated rings. The summed E-state index contributed by atoms with van der Waals surface area (Å²) in [4.78, 5) is 28.1. The van der Waals surface area contributed by atoms with Crippen LogP contribution in [0.2, 0.25) is 0 Å². The largest absolute Gasteiger partial charge is 0.481 e. The van der Waals surface area contributed by atoms with Crippen LogP contribution in [0, 0.1) is 13.8 Å². The van der Waals surface area contributed by atoms with Crippen molar-refractivity contribution in [1.29, 1.82) is 0 Å². The highest BCUT2D eigenvalue weighted by molar-refractivity contribution is 5.98. The third kappa shape index (κ3) is 4.91. The van der Waals surface area contributed by atoms with Crippen LogP contribution >= 0.6 is 0 Å². The molecule has 126 valence electrons. The van der Waals surface area contributed by atoms with Crippen molar-refractivity contribution in [3.8, 4) is 5.88 Å². The number of nitrogens with zero attached hydrogens (tertiary/aromatic N) is 1. The van der Waals surface area contributed by atoms with Gasteiger partial charge in [-0.2, -0.15) is 0 Å². The maximum Gasteiger partial charge on any atom is 0.220 e. The minimum atomic E-state index is -0.150. The van der Waals surface area contributed by atoms with Gasteiger partial charge in [0.2, 0.25) is 11.8 Å². The maximum atomic E-state index is 12.2. The monoisotopic (exact) mass is 326 g/mol. The number of amides is 1. The van der Waals surface area contributed by atoms with E-state index < -0.39 is 0 Å². The first-order chi connectivity index (χ1) is 11.5. The van der Waals surface area contributed by atoms with E-state index in [4.69, 9.17) is 4.74 Å². The molecular formula is C19H22N2O3. The zero-order valence-corrected chi connectivity index (χ0v) is 14.3. The van der Waals surface area contributed by atoms with Crippen LogP contribution in [0.3, 0.4) is 0 Å². The SMILES string of the molecule is COc1cc(CNC(=O)CCC(=O)c2ccc(C)c(C)c2)ccn1. The lowest BCUT2D eigenvalue weighted by atomic mass is 10.0. The summed E-state index contributed by atoms with van der Waals surface area (Å²) in [6, 6.07) is 9.19. The summed E-state index contributed by atoms with van der Waals surface area (Å²) in [5, 5.41) is 2.80. The van der Waals surface area contributed by atoms with Crippen molar-refractivity contribution in [1.82, 2.24) is 10.3 Å². The first-order valence-corrected chi connectivity index (χ1v) is 7.85. The molecule has 1 N–H and O–H groups in total. The molecule has 1 aromatic carbocycles. The standard InChI is InChI=1S/C19H22N2O3/c1-13-4-5-16(10-14(13)2)17(22)6-7-18(23)21-12-15-8-9-20-19(11-15)24-3/h4-5,8-11H,6-7,12H2,1-3H3,(H,21,23). The molecule has 1 amide bonds. The number of aryl methyl sites for hydroxylation is 2. The molecule has 2 aromatic rings. The van der Waals surface area contributed by atoms with Crippen molar-refractivity contribution in [2.45, 2.75) is 33.2 Å². The third-order valence-corrected chi connectivity index (χ3v) is 3.91. The smallest absolute Gasteiger partial charge is 0.220 e. The summed E-state index contributed by atoms with van der Waals surface area (Å²) in [6.07, 6.45) is 2.01. The molecular weight excluding hydrogens is 304 g/mol. The van der Waals surface area contributed by atoms with Crippen molar-refractivity contribution in [2.75, 3.05) is 7.11 Å². The summed E-state index contributed by atoms with van der Waals surface area (Å²) in [5.41, 5.74) is 3.79. The summed E-state index contributed by atoms with van der Waals surface area (Å²) >= 11 is 0. The van der Waals surface area contributed by atoms with Gasteiger partial charge in [-0.05, 0) is 42.7 Å². The Morgan fingerprint density at radius 1 is 1.08 bits per heavy atom. The van der Waals surface area contributed by atoms with Gasteiger partial charge in [0.15, 0.2) is 5.78 Å². The van der Waals surface area contributed by atoms with Crippen LogP contribution < -0.4 is 10.1 Å². The Labute approximate surface area is 142 Å². The Bertz CT molecular complexity index is 741. The number of ether oxygens (including phenoxy) is 1. The minimum Gasteiger partial charge on any atom is -0.481 e. The highest BCUT2D eigenvalue weighted by atomic mass is 16.5. The van der Waals surface area contributed by atoms with E-state index in [2.05, 4.69) is 10.3 Å². The number of Topliss-reactive ketones (excluding diaryl/α,β-unsaturated/α-hetero) is 1. The average Bonchev–Trinajstić information content (AvgIpc) is 2.60. The Hall–Kier alpha value is -2.69. The van der Waals surface area contributed by atoms with Crippen LogP contribution in [0.4, 0.5) is 0 Å². The fourth-order valence-electron chi connectivity index (χ4n) is 2.25. The van der Waals surface area contributed by atoms with Crippen LogP contribution in [-0.4, -0.2) is 23.8 Å². The van der Waals surface area contributed by atoms with Crippen molar-refractivity contribution < 1.29 is 14.3 Å². The normalized spacial score (nSPS) is 10.3. The lowest BCUT2D eigenvalue weighted by molar-refractivity contribution is -0.121. The first kappa shape index (κ1) is 17.7. The molecule has 0 saturated carbocycles. The van der Waals surface area contributed by atoms with Gasteiger partial charge in [-0.3, -0.25) is 9.59 Å². The van der Waals surface area contributed by atoms with Gasteiger partial charge in [0, 0.05) is 37.2 Å². The number of ketones is 1. The zero-order valence-electron chi connectivity index (χ0n) is 14.3. The third-order valence-electron chi connectivity index (χ3n) is 3.91. The van der Waals surface area contributed by atoms with Gasteiger partial charge in [-0.1, -0.05) is 12.1 Å². The topological polar surface area (TPSA) is 68.3 Å². The van der Waals surface area contributed by atoms with Crippen molar-refractivity contribution >= 4 is 11.7 Å². The Morgan fingerprint density at radius 3 is 2.58 bits per heavy atom. The Kier molecular flexibility index (Phi) is 6.07. The Morgan fingerprint density at radius 2 is 1.88 bits per heavy atom. The molecule has 2 rings (SSSR count). The lowest BCUT2D eigenvalue weighted by Crippen LogP contribution is -2.23. The van der Waals surface area contributed by atoms with Crippen LogP contribution in [0.15, 0.2) is 36.5 Å². The number of methoxy groups -OCH3 is 1. The van der Waals surface area contributed by atoms with Gasteiger partial charge >= 0.3 is 0 Å². The summed E-state index contributed by atoms with van der Waals surface area (Å²) < 4.78 is 5.04. The van der Waals surface area contributed by atoms with E-state index in [1.807, 2.05) is 38.1 Å². The summed E-state index contributed by atoms with van der Waals surface area (Å²) in [7, 11) is 1.54. The molecule has 5 heteroatoms. The van der Waals surface area contributed by atoms with E-state index in [0.717, 1.165) is 16.7 Å². The summed E-state index contributed by atoms with van der Waals surface area (Å²) in [6.45, 7) is 4.36. The fraction of sp³-hybridized carbons (Fsp3) is 0.316. The van der Waals surface area contributed by atoms with Crippen LogP contribution in [0.5, 0.6) is 5.88 Å². The van der Waals surface area contributed by atoms with Gasteiger partial charge in [-0.15, -0.1) is 0 Å². The minimum absolute atomic E-state index is 0.0150. The summed E-state index contributed by atoms with van der Waals surface area (Å²) in [5.74, 6) is 0.341. The second-order valence-corrected chi connectivity index (χ2v) is 5.71.